The van der Waals surface area contributed by atoms with Crippen LogP contribution in [0, 0.1) is 0 Å². The Hall–Kier alpha value is -0.580. The fraction of sp³-hybridized carbons (Fsp3) is 0.778. The van der Waals surface area contributed by atoms with Crippen molar-refractivity contribution in [1.82, 2.24) is 0 Å². The van der Waals surface area contributed by atoms with Crippen LogP contribution in [-0.4, -0.2) is 44.2 Å². The van der Waals surface area contributed by atoms with Crippen molar-refractivity contribution in [2.24, 2.45) is 0 Å². The van der Waals surface area contributed by atoms with Crippen molar-refractivity contribution in [3.05, 3.63) is 12.8 Å². The van der Waals surface area contributed by atoms with Crippen molar-refractivity contribution in [3.63, 3.8) is 0 Å². The summed E-state index contributed by atoms with van der Waals surface area (Å²) < 4.78 is 15.2. The molecule has 0 spiro atoms. The van der Waals surface area contributed by atoms with E-state index < -0.39 is 0 Å². The monoisotopic (exact) mass is 190 g/mol. The molecule has 13 heavy (non-hydrogen) atoms. The molecule has 78 valence electrons. The Balaban J connectivity index is 3.01. The van der Waals surface area contributed by atoms with Gasteiger partial charge in [0.05, 0.1) is 39.3 Å². The summed E-state index contributed by atoms with van der Waals surface area (Å²) in [6, 6.07) is 0. The van der Waals surface area contributed by atoms with Gasteiger partial charge in [-0.25, -0.2) is 0 Å². The van der Waals surface area contributed by atoms with Crippen LogP contribution in [0.15, 0.2) is 12.8 Å². The minimum absolute atomic E-state index is 0.0235. The molecular formula is C9H18O4. The number of hydrogen-bond acceptors (Lipinski definition) is 4. The van der Waals surface area contributed by atoms with E-state index in [1.54, 1.807) is 0 Å². The van der Waals surface area contributed by atoms with Gasteiger partial charge >= 0.3 is 0 Å². The van der Waals surface area contributed by atoms with Gasteiger partial charge in [-0.2, -0.15) is 0 Å². The average molecular weight is 190 g/mol. The van der Waals surface area contributed by atoms with Gasteiger partial charge in [-0.3, -0.25) is 0 Å². The quantitative estimate of drug-likeness (QED) is 0.426. The normalized spacial score (nSPS) is 12.5. The predicted molar refractivity (Wildman–Crippen MR) is 49.5 cm³/mol. The molecule has 4 heteroatoms. The van der Waals surface area contributed by atoms with Crippen molar-refractivity contribution in [2.75, 3.05) is 33.0 Å². The van der Waals surface area contributed by atoms with E-state index >= 15 is 0 Å². The van der Waals surface area contributed by atoms with Crippen LogP contribution in [0.5, 0.6) is 0 Å². The third kappa shape index (κ3) is 9.33. The Bertz CT molecular complexity index is 116. The zero-order valence-electron chi connectivity index (χ0n) is 8.07. The van der Waals surface area contributed by atoms with Crippen molar-refractivity contribution in [1.29, 1.82) is 0 Å². The van der Waals surface area contributed by atoms with Gasteiger partial charge in [0.2, 0.25) is 0 Å². The van der Waals surface area contributed by atoms with Gasteiger partial charge in [-0.1, -0.05) is 6.58 Å². The van der Waals surface area contributed by atoms with Crippen LogP contribution in [0.4, 0.5) is 0 Å². The molecule has 0 radical (unpaired) electrons. The Morgan fingerprint density at radius 3 is 2.62 bits per heavy atom. The fourth-order valence-electron chi connectivity index (χ4n) is 0.737. The van der Waals surface area contributed by atoms with Gasteiger partial charge in [0.15, 0.2) is 0 Å². The van der Waals surface area contributed by atoms with Gasteiger partial charge < -0.3 is 19.3 Å². The van der Waals surface area contributed by atoms with Crippen LogP contribution in [0.3, 0.4) is 0 Å². The molecule has 0 aliphatic rings. The summed E-state index contributed by atoms with van der Waals surface area (Å²) in [5, 5.41) is 8.38. The molecule has 0 aliphatic heterocycles. The molecule has 0 aromatic heterocycles. The van der Waals surface area contributed by atoms with Crippen molar-refractivity contribution in [2.45, 2.75) is 13.0 Å². The zero-order valence-corrected chi connectivity index (χ0v) is 8.07. The Morgan fingerprint density at radius 2 is 2.00 bits per heavy atom. The van der Waals surface area contributed by atoms with Crippen molar-refractivity contribution >= 4 is 0 Å². The molecule has 0 saturated heterocycles. The van der Waals surface area contributed by atoms with Crippen LogP contribution in [0.1, 0.15) is 6.92 Å². The number of aliphatic hydroxyl groups excluding tert-OH is 1. The second-order valence-electron chi connectivity index (χ2n) is 2.52. The SMILES string of the molecule is C=COC(C)COCCOCCO. The van der Waals surface area contributed by atoms with Gasteiger partial charge in [0, 0.05) is 0 Å². The summed E-state index contributed by atoms with van der Waals surface area (Å²) in [5.74, 6) is 0. The summed E-state index contributed by atoms with van der Waals surface area (Å²) in [7, 11) is 0. The number of aliphatic hydroxyl groups is 1. The molecule has 0 rings (SSSR count). The highest BCUT2D eigenvalue weighted by Crippen LogP contribution is 1.91. The second-order valence-corrected chi connectivity index (χ2v) is 2.52. The summed E-state index contributed by atoms with van der Waals surface area (Å²) in [6.07, 6.45) is 1.42. The molecule has 0 fully saturated rings. The van der Waals surface area contributed by atoms with Crippen LogP contribution in [0.2, 0.25) is 0 Å². The molecule has 0 aromatic carbocycles. The smallest absolute Gasteiger partial charge is 0.118 e. The Morgan fingerprint density at radius 1 is 1.31 bits per heavy atom. The topological polar surface area (TPSA) is 47.9 Å². The zero-order chi connectivity index (χ0) is 9.94. The summed E-state index contributed by atoms with van der Waals surface area (Å²) in [5.41, 5.74) is 0. The second kappa shape index (κ2) is 9.51. The lowest BCUT2D eigenvalue weighted by molar-refractivity contribution is -0.00101. The molecule has 0 saturated carbocycles. The first-order valence-electron chi connectivity index (χ1n) is 4.34. The van der Waals surface area contributed by atoms with Gasteiger partial charge in [-0.15, -0.1) is 0 Å². The van der Waals surface area contributed by atoms with Crippen LogP contribution in [0.25, 0.3) is 0 Å². The molecule has 0 amide bonds. The molecule has 4 nitrogen and oxygen atoms in total. The van der Waals surface area contributed by atoms with E-state index in [-0.39, 0.29) is 12.7 Å². The molecule has 1 atom stereocenters. The third-order valence-electron chi connectivity index (χ3n) is 1.29. The van der Waals surface area contributed by atoms with Crippen LogP contribution in [-0.2, 0) is 14.2 Å². The minimum atomic E-state index is 0.0235. The molecule has 0 aromatic rings. The van der Waals surface area contributed by atoms with E-state index in [1.807, 2.05) is 6.92 Å². The molecule has 0 heterocycles. The average Bonchev–Trinajstić information content (AvgIpc) is 2.11. The van der Waals surface area contributed by atoms with Crippen LogP contribution >= 0.6 is 0 Å². The maximum absolute atomic E-state index is 8.38. The molecule has 1 N–H and O–H groups in total. The lowest BCUT2D eigenvalue weighted by Crippen LogP contribution is -2.16. The number of hydrogen-bond donors (Lipinski definition) is 1. The van der Waals surface area contributed by atoms with Crippen LogP contribution < -0.4 is 0 Å². The summed E-state index contributed by atoms with van der Waals surface area (Å²) in [6.45, 7) is 7.30. The standard InChI is InChI=1S/C9H18O4/c1-3-13-9(2)8-12-7-6-11-5-4-10/h3,9-10H,1,4-8H2,2H3. The number of rotatable bonds is 9. The maximum atomic E-state index is 8.38. The van der Waals surface area contributed by atoms with Crippen molar-refractivity contribution < 1.29 is 19.3 Å². The molecule has 0 bridgehead atoms. The summed E-state index contributed by atoms with van der Waals surface area (Å²) >= 11 is 0. The lowest BCUT2D eigenvalue weighted by atomic mass is 10.4. The molecular weight excluding hydrogens is 172 g/mol. The minimum Gasteiger partial charge on any atom is -0.497 e. The van der Waals surface area contributed by atoms with Gasteiger partial charge in [0.25, 0.3) is 0 Å². The lowest BCUT2D eigenvalue weighted by Gasteiger charge is -2.11. The Labute approximate surface area is 79.1 Å². The van der Waals surface area contributed by atoms with Gasteiger partial charge in [-0.05, 0) is 6.92 Å². The van der Waals surface area contributed by atoms with E-state index in [4.69, 9.17) is 19.3 Å². The fourth-order valence-corrected chi connectivity index (χ4v) is 0.737. The molecule has 0 aliphatic carbocycles. The first kappa shape index (κ1) is 12.4. The summed E-state index contributed by atoms with van der Waals surface area (Å²) in [4.78, 5) is 0. The third-order valence-corrected chi connectivity index (χ3v) is 1.29. The number of ether oxygens (including phenoxy) is 3. The first-order valence-corrected chi connectivity index (χ1v) is 4.34. The highest BCUT2D eigenvalue weighted by atomic mass is 16.5. The van der Waals surface area contributed by atoms with E-state index in [2.05, 4.69) is 6.58 Å². The maximum Gasteiger partial charge on any atom is 0.118 e. The molecule has 1 unspecified atom stereocenters. The van der Waals surface area contributed by atoms with Gasteiger partial charge in [0.1, 0.15) is 6.10 Å². The van der Waals surface area contributed by atoms with E-state index in [9.17, 15) is 0 Å². The predicted octanol–water partition coefficient (Wildman–Crippen LogP) is 0.560. The van der Waals surface area contributed by atoms with E-state index in [0.29, 0.717) is 26.4 Å². The highest BCUT2D eigenvalue weighted by Gasteiger charge is 1.98. The Kier molecular flexibility index (Phi) is 9.08. The van der Waals surface area contributed by atoms with E-state index in [1.165, 1.54) is 6.26 Å². The van der Waals surface area contributed by atoms with Crippen molar-refractivity contribution in [3.8, 4) is 0 Å². The van der Waals surface area contributed by atoms with E-state index in [0.717, 1.165) is 0 Å². The highest BCUT2D eigenvalue weighted by molar-refractivity contribution is 4.55. The largest absolute Gasteiger partial charge is 0.497 e. The first-order chi connectivity index (χ1) is 6.31.